The average molecular weight is 113 g/mol. The molecule has 0 saturated carbocycles. The summed E-state index contributed by atoms with van der Waals surface area (Å²) >= 11 is 1.52. The van der Waals surface area contributed by atoms with Crippen LogP contribution in [0.4, 0.5) is 0 Å². The fourth-order valence-corrected chi connectivity index (χ4v) is 1.10. The van der Waals surface area contributed by atoms with E-state index in [1.807, 2.05) is 5.41 Å². The van der Waals surface area contributed by atoms with E-state index in [1.165, 1.54) is 11.8 Å². The molecule has 1 aliphatic rings. The molecule has 0 bridgehead atoms. The van der Waals surface area contributed by atoms with E-state index in [1.54, 1.807) is 0 Å². The van der Waals surface area contributed by atoms with Crippen LogP contribution in [0.2, 0.25) is 0 Å². The lowest BCUT2D eigenvalue weighted by atomic mass is 10.3. The van der Waals surface area contributed by atoms with Crippen LogP contribution >= 0.6 is 11.8 Å². The SMILES string of the molecule is N=C1CCC=CS1. The Morgan fingerprint density at radius 2 is 2.57 bits per heavy atom. The van der Waals surface area contributed by atoms with E-state index in [0.29, 0.717) is 0 Å². The molecule has 0 unspecified atom stereocenters. The summed E-state index contributed by atoms with van der Waals surface area (Å²) in [5.74, 6) is 0. The Morgan fingerprint density at radius 1 is 1.71 bits per heavy atom. The third-order valence-electron chi connectivity index (χ3n) is 0.845. The Morgan fingerprint density at radius 3 is 2.86 bits per heavy atom. The van der Waals surface area contributed by atoms with Gasteiger partial charge < -0.3 is 0 Å². The van der Waals surface area contributed by atoms with Crippen LogP contribution in [0, 0.1) is 5.41 Å². The highest BCUT2D eigenvalue weighted by atomic mass is 32.2. The van der Waals surface area contributed by atoms with Crippen LogP contribution in [0.1, 0.15) is 12.8 Å². The molecule has 0 aromatic carbocycles. The van der Waals surface area contributed by atoms with E-state index in [9.17, 15) is 0 Å². The second kappa shape index (κ2) is 2.17. The lowest BCUT2D eigenvalue weighted by Gasteiger charge is -2.00. The number of nitrogens with one attached hydrogen (secondary N) is 1. The molecule has 0 aliphatic carbocycles. The number of allylic oxidation sites excluding steroid dienone is 1. The van der Waals surface area contributed by atoms with Crippen molar-refractivity contribution in [3.05, 3.63) is 11.5 Å². The van der Waals surface area contributed by atoms with Gasteiger partial charge in [-0.3, -0.25) is 5.41 Å². The first-order valence-electron chi connectivity index (χ1n) is 2.28. The third-order valence-corrected chi connectivity index (χ3v) is 1.66. The fourth-order valence-electron chi connectivity index (χ4n) is 0.472. The van der Waals surface area contributed by atoms with Crippen LogP contribution in [0.5, 0.6) is 0 Å². The molecule has 1 N–H and O–H groups in total. The van der Waals surface area contributed by atoms with Crippen LogP contribution in [-0.4, -0.2) is 5.04 Å². The second-order valence-corrected chi connectivity index (χ2v) is 2.45. The van der Waals surface area contributed by atoms with Gasteiger partial charge in [-0.05, 0) is 18.2 Å². The minimum Gasteiger partial charge on any atom is -0.298 e. The van der Waals surface area contributed by atoms with Crippen molar-refractivity contribution < 1.29 is 0 Å². The standard InChI is InChI=1S/C5H7NS/c6-5-3-1-2-4-7-5/h2,4,6H,1,3H2. The Bertz CT molecular complexity index is 107. The summed E-state index contributed by atoms with van der Waals surface area (Å²) in [6, 6.07) is 0. The second-order valence-electron chi connectivity index (χ2n) is 1.45. The van der Waals surface area contributed by atoms with Gasteiger partial charge in [0.2, 0.25) is 0 Å². The van der Waals surface area contributed by atoms with Crippen molar-refractivity contribution in [2.45, 2.75) is 12.8 Å². The molecule has 7 heavy (non-hydrogen) atoms. The van der Waals surface area contributed by atoms with Crippen molar-refractivity contribution in [2.75, 3.05) is 0 Å². The van der Waals surface area contributed by atoms with E-state index in [2.05, 4.69) is 6.08 Å². The van der Waals surface area contributed by atoms with Gasteiger partial charge in [-0.1, -0.05) is 17.8 Å². The van der Waals surface area contributed by atoms with Gasteiger partial charge in [-0.2, -0.15) is 0 Å². The predicted molar refractivity (Wildman–Crippen MR) is 33.7 cm³/mol. The summed E-state index contributed by atoms with van der Waals surface area (Å²) in [7, 11) is 0. The first-order chi connectivity index (χ1) is 3.39. The largest absolute Gasteiger partial charge is 0.298 e. The van der Waals surface area contributed by atoms with Gasteiger partial charge >= 0.3 is 0 Å². The Hall–Kier alpha value is -0.240. The van der Waals surface area contributed by atoms with Crippen molar-refractivity contribution in [1.82, 2.24) is 0 Å². The summed E-state index contributed by atoms with van der Waals surface area (Å²) in [5, 5.41) is 9.87. The molecule has 0 amide bonds. The quantitative estimate of drug-likeness (QED) is 0.510. The van der Waals surface area contributed by atoms with Crippen molar-refractivity contribution in [2.24, 2.45) is 0 Å². The van der Waals surface area contributed by atoms with Crippen LogP contribution in [0.3, 0.4) is 0 Å². The van der Waals surface area contributed by atoms with Gasteiger partial charge in [0, 0.05) is 0 Å². The molecule has 0 radical (unpaired) electrons. The fraction of sp³-hybridized carbons (Fsp3) is 0.400. The highest BCUT2D eigenvalue weighted by Crippen LogP contribution is 2.15. The van der Waals surface area contributed by atoms with Crippen LogP contribution in [0.25, 0.3) is 0 Å². The summed E-state index contributed by atoms with van der Waals surface area (Å²) in [6.45, 7) is 0. The first-order valence-corrected chi connectivity index (χ1v) is 3.16. The van der Waals surface area contributed by atoms with Crippen molar-refractivity contribution in [3.8, 4) is 0 Å². The van der Waals surface area contributed by atoms with Crippen LogP contribution < -0.4 is 0 Å². The molecular weight excluding hydrogens is 106 g/mol. The lowest BCUT2D eigenvalue weighted by Crippen LogP contribution is -1.89. The maximum absolute atomic E-state index is 7.10. The molecule has 0 aromatic rings. The summed E-state index contributed by atoms with van der Waals surface area (Å²) in [4.78, 5) is 0. The summed E-state index contributed by atoms with van der Waals surface area (Å²) in [6.07, 6.45) is 4.11. The van der Waals surface area contributed by atoms with Gasteiger partial charge in [0.05, 0.1) is 5.04 Å². The highest BCUT2D eigenvalue weighted by Gasteiger charge is 1.96. The molecule has 1 heterocycles. The van der Waals surface area contributed by atoms with Gasteiger partial charge in [-0.25, -0.2) is 0 Å². The van der Waals surface area contributed by atoms with E-state index in [4.69, 9.17) is 5.41 Å². The molecular formula is C5H7NS. The Labute approximate surface area is 47.3 Å². The highest BCUT2D eigenvalue weighted by molar-refractivity contribution is 8.16. The summed E-state index contributed by atoms with van der Waals surface area (Å²) in [5.41, 5.74) is 0. The van der Waals surface area contributed by atoms with E-state index < -0.39 is 0 Å². The third kappa shape index (κ3) is 1.35. The molecule has 1 aliphatic heterocycles. The van der Waals surface area contributed by atoms with E-state index >= 15 is 0 Å². The van der Waals surface area contributed by atoms with Crippen LogP contribution in [0.15, 0.2) is 11.5 Å². The topological polar surface area (TPSA) is 23.9 Å². The van der Waals surface area contributed by atoms with Gasteiger partial charge in [0.1, 0.15) is 0 Å². The molecule has 38 valence electrons. The average Bonchev–Trinajstić information content (AvgIpc) is 1.69. The molecule has 0 aromatic heterocycles. The number of hydrogen-bond donors (Lipinski definition) is 1. The first kappa shape index (κ1) is 4.91. The maximum Gasteiger partial charge on any atom is 0.0686 e. The number of hydrogen-bond acceptors (Lipinski definition) is 2. The van der Waals surface area contributed by atoms with E-state index in [0.717, 1.165) is 17.9 Å². The zero-order valence-corrected chi connectivity index (χ0v) is 4.79. The van der Waals surface area contributed by atoms with Crippen molar-refractivity contribution in [3.63, 3.8) is 0 Å². The van der Waals surface area contributed by atoms with Crippen molar-refractivity contribution in [1.29, 1.82) is 5.41 Å². The molecule has 1 rings (SSSR count). The number of rotatable bonds is 0. The minimum absolute atomic E-state index is 0.794. The zero-order valence-electron chi connectivity index (χ0n) is 3.98. The van der Waals surface area contributed by atoms with Crippen LogP contribution in [-0.2, 0) is 0 Å². The molecule has 0 spiro atoms. The van der Waals surface area contributed by atoms with Gasteiger partial charge in [0.25, 0.3) is 0 Å². The molecule has 0 saturated heterocycles. The zero-order chi connectivity index (χ0) is 5.11. The van der Waals surface area contributed by atoms with Crippen molar-refractivity contribution >= 4 is 16.8 Å². The van der Waals surface area contributed by atoms with Gasteiger partial charge in [-0.15, -0.1) is 0 Å². The molecule has 0 fully saturated rings. The monoisotopic (exact) mass is 113 g/mol. The van der Waals surface area contributed by atoms with Gasteiger partial charge in [0.15, 0.2) is 0 Å². The lowest BCUT2D eigenvalue weighted by molar-refractivity contribution is 1.10. The predicted octanol–water partition coefficient (Wildman–Crippen LogP) is 2.00. The number of thioether (sulfide) groups is 1. The maximum atomic E-state index is 7.10. The molecule has 2 heteroatoms. The molecule has 1 nitrogen and oxygen atoms in total. The smallest absolute Gasteiger partial charge is 0.0686 e. The normalized spacial score (nSPS) is 20.3. The molecule has 0 atom stereocenters. The Kier molecular flexibility index (Phi) is 1.52. The Balaban J connectivity index is 2.47. The van der Waals surface area contributed by atoms with E-state index in [-0.39, 0.29) is 0 Å². The minimum atomic E-state index is 0.794. The summed E-state index contributed by atoms with van der Waals surface area (Å²) < 4.78 is 0.